The predicted molar refractivity (Wildman–Crippen MR) is 121 cm³/mol. The van der Waals surface area contributed by atoms with Gasteiger partial charge in [0.1, 0.15) is 6.54 Å². The van der Waals surface area contributed by atoms with Gasteiger partial charge in [-0.05, 0) is 53.4 Å². The molecule has 0 radical (unpaired) electrons. The molecule has 5 aromatic rings. The van der Waals surface area contributed by atoms with Gasteiger partial charge in [-0.15, -0.1) is 5.10 Å². The van der Waals surface area contributed by atoms with E-state index in [9.17, 15) is 14.4 Å². The van der Waals surface area contributed by atoms with Crippen molar-refractivity contribution in [1.29, 1.82) is 0 Å². The lowest BCUT2D eigenvalue weighted by Gasteiger charge is -2.12. The lowest BCUT2D eigenvalue weighted by molar-refractivity contribution is -0.116. The Kier molecular flexibility index (Phi) is 4.09. The summed E-state index contributed by atoms with van der Waals surface area (Å²) in [5, 5.41) is 8.00. The van der Waals surface area contributed by atoms with E-state index >= 15 is 0 Å². The number of pyridine rings is 1. The van der Waals surface area contributed by atoms with Crippen LogP contribution in [0.2, 0.25) is 0 Å². The molecule has 0 aliphatic carbocycles. The molecule has 0 atom stereocenters. The van der Waals surface area contributed by atoms with Crippen molar-refractivity contribution in [3.63, 3.8) is 0 Å². The zero-order valence-corrected chi connectivity index (χ0v) is 17.1. The largest absolute Gasteiger partial charge is 0.361 e. The summed E-state index contributed by atoms with van der Waals surface area (Å²) in [5.74, 6) is -1.44. The Morgan fingerprint density at radius 3 is 2.48 bits per heavy atom. The standard InChI is InChI=1S/C24H16N6O3/c31-21(13-29-22(32)17-3-1-2-4-18(17)23(29)33)27-24-26-20-8-6-16(12-30(20)28-24)14-5-7-19-15(11-14)9-10-25-19/h1-12,25H,13H2,(H,27,28,31). The summed E-state index contributed by atoms with van der Waals surface area (Å²) in [4.78, 5) is 45.8. The van der Waals surface area contributed by atoms with Gasteiger partial charge in [-0.1, -0.05) is 18.2 Å². The number of fused-ring (bicyclic) bond motifs is 3. The van der Waals surface area contributed by atoms with Crippen LogP contribution >= 0.6 is 0 Å². The minimum atomic E-state index is -0.557. The van der Waals surface area contributed by atoms with E-state index in [0.29, 0.717) is 16.8 Å². The van der Waals surface area contributed by atoms with Crippen molar-refractivity contribution in [2.24, 2.45) is 0 Å². The van der Waals surface area contributed by atoms with Crippen LogP contribution < -0.4 is 5.32 Å². The summed E-state index contributed by atoms with van der Waals surface area (Å²) in [7, 11) is 0. The van der Waals surface area contributed by atoms with E-state index in [4.69, 9.17) is 0 Å². The first-order valence-electron chi connectivity index (χ1n) is 10.3. The first-order chi connectivity index (χ1) is 16.1. The van der Waals surface area contributed by atoms with Gasteiger partial charge >= 0.3 is 0 Å². The molecule has 0 spiro atoms. The minimum Gasteiger partial charge on any atom is -0.361 e. The van der Waals surface area contributed by atoms with Gasteiger partial charge < -0.3 is 4.98 Å². The highest BCUT2D eigenvalue weighted by Crippen LogP contribution is 2.25. The van der Waals surface area contributed by atoms with Gasteiger partial charge in [0, 0.05) is 23.5 Å². The average molecular weight is 436 g/mol. The molecule has 3 aromatic heterocycles. The Balaban J connectivity index is 1.21. The van der Waals surface area contributed by atoms with Gasteiger partial charge in [-0.3, -0.25) is 24.6 Å². The second kappa shape index (κ2) is 7.13. The monoisotopic (exact) mass is 436 g/mol. The maximum Gasteiger partial charge on any atom is 0.262 e. The van der Waals surface area contributed by atoms with Crippen LogP contribution in [0, 0.1) is 0 Å². The number of carbonyl (C=O) groups excluding carboxylic acids is 3. The molecule has 4 heterocycles. The van der Waals surface area contributed by atoms with Crippen LogP contribution in [-0.2, 0) is 4.79 Å². The Bertz CT molecular complexity index is 1560. The molecule has 33 heavy (non-hydrogen) atoms. The number of nitrogens with zero attached hydrogens (tertiary/aromatic N) is 4. The van der Waals surface area contributed by atoms with Crippen LogP contribution in [0.15, 0.2) is 73.1 Å². The van der Waals surface area contributed by atoms with Crippen LogP contribution in [0.3, 0.4) is 0 Å². The molecular formula is C24H16N6O3. The van der Waals surface area contributed by atoms with Crippen LogP contribution in [-0.4, -0.2) is 48.7 Å². The third-order valence-electron chi connectivity index (χ3n) is 5.65. The van der Waals surface area contributed by atoms with E-state index in [1.807, 2.05) is 42.7 Å². The van der Waals surface area contributed by atoms with Crippen LogP contribution in [0.5, 0.6) is 0 Å². The molecule has 9 heteroatoms. The first-order valence-corrected chi connectivity index (χ1v) is 10.3. The van der Waals surface area contributed by atoms with E-state index in [1.54, 1.807) is 28.8 Å². The Morgan fingerprint density at radius 1 is 0.939 bits per heavy atom. The number of carbonyl (C=O) groups is 3. The van der Waals surface area contributed by atoms with E-state index in [0.717, 1.165) is 26.9 Å². The highest BCUT2D eigenvalue weighted by atomic mass is 16.2. The molecule has 6 rings (SSSR count). The highest BCUT2D eigenvalue weighted by Gasteiger charge is 2.36. The average Bonchev–Trinajstić information content (AvgIpc) is 3.51. The van der Waals surface area contributed by atoms with Gasteiger partial charge in [-0.2, -0.15) is 4.98 Å². The van der Waals surface area contributed by atoms with E-state index in [1.165, 1.54) is 0 Å². The van der Waals surface area contributed by atoms with Crippen LogP contribution in [0.25, 0.3) is 27.7 Å². The maximum absolute atomic E-state index is 12.5. The fraction of sp³-hybridized carbons (Fsp3) is 0.0417. The number of imide groups is 1. The number of benzene rings is 2. The van der Waals surface area contributed by atoms with E-state index in [-0.39, 0.29) is 5.95 Å². The Morgan fingerprint density at radius 2 is 1.70 bits per heavy atom. The quantitative estimate of drug-likeness (QED) is 0.421. The number of hydrogen-bond acceptors (Lipinski definition) is 5. The maximum atomic E-state index is 12.5. The summed E-state index contributed by atoms with van der Waals surface area (Å²) >= 11 is 0. The third-order valence-corrected chi connectivity index (χ3v) is 5.65. The summed E-state index contributed by atoms with van der Waals surface area (Å²) in [6, 6.07) is 18.4. The lowest BCUT2D eigenvalue weighted by Crippen LogP contribution is -2.37. The first kappa shape index (κ1) is 18.9. The molecule has 160 valence electrons. The molecule has 0 saturated heterocycles. The molecule has 0 fully saturated rings. The number of nitrogens with one attached hydrogen (secondary N) is 2. The summed E-state index contributed by atoms with van der Waals surface area (Å²) < 4.78 is 1.58. The summed E-state index contributed by atoms with van der Waals surface area (Å²) in [6.45, 7) is -0.413. The Labute approximate surface area is 186 Å². The van der Waals surface area contributed by atoms with Crippen LogP contribution in [0.4, 0.5) is 5.95 Å². The SMILES string of the molecule is O=C(CN1C(=O)c2ccccc2C1=O)Nc1nc2ccc(-c3ccc4[nH]ccc4c3)cn2n1. The summed E-state index contributed by atoms with van der Waals surface area (Å²) in [6.07, 6.45) is 3.72. The second-order valence-electron chi connectivity index (χ2n) is 7.73. The van der Waals surface area contributed by atoms with Crippen molar-refractivity contribution in [3.05, 3.63) is 84.2 Å². The van der Waals surface area contributed by atoms with E-state index in [2.05, 4.69) is 26.4 Å². The molecule has 2 N–H and O–H groups in total. The second-order valence-corrected chi connectivity index (χ2v) is 7.73. The molecular weight excluding hydrogens is 420 g/mol. The zero-order valence-electron chi connectivity index (χ0n) is 17.1. The molecule has 0 bridgehead atoms. The van der Waals surface area contributed by atoms with Crippen LogP contribution in [0.1, 0.15) is 20.7 Å². The number of aromatic nitrogens is 4. The van der Waals surface area contributed by atoms with Crippen molar-refractivity contribution >= 4 is 40.2 Å². The fourth-order valence-electron chi connectivity index (χ4n) is 4.03. The van der Waals surface area contributed by atoms with Crippen molar-refractivity contribution in [3.8, 4) is 11.1 Å². The van der Waals surface area contributed by atoms with Crippen molar-refractivity contribution in [2.45, 2.75) is 0 Å². The number of amides is 3. The number of aromatic amines is 1. The molecule has 1 aliphatic rings. The Hall–Kier alpha value is -4.79. The highest BCUT2D eigenvalue weighted by molar-refractivity contribution is 6.22. The van der Waals surface area contributed by atoms with E-state index < -0.39 is 24.3 Å². The molecule has 9 nitrogen and oxygen atoms in total. The lowest BCUT2D eigenvalue weighted by atomic mass is 10.1. The predicted octanol–water partition coefficient (Wildman–Crippen LogP) is 3.11. The summed E-state index contributed by atoms with van der Waals surface area (Å²) in [5.41, 5.74) is 4.18. The van der Waals surface area contributed by atoms with Gasteiger partial charge in [0.05, 0.1) is 11.1 Å². The fourth-order valence-corrected chi connectivity index (χ4v) is 4.03. The van der Waals surface area contributed by atoms with Crippen molar-refractivity contribution < 1.29 is 14.4 Å². The molecule has 0 saturated carbocycles. The number of hydrogen-bond donors (Lipinski definition) is 2. The number of H-pyrrole nitrogens is 1. The molecule has 3 amide bonds. The smallest absolute Gasteiger partial charge is 0.262 e. The zero-order chi connectivity index (χ0) is 22.5. The topological polar surface area (TPSA) is 112 Å². The van der Waals surface area contributed by atoms with Gasteiger partial charge in [0.15, 0.2) is 5.65 Å². The molecule has 2 aromatic carbocycles. The molecule has 1 aliphatic heterocycles. The third kappa shape index (κ3) is 3.14. The van der Waals surface area contributed by atoms with Gasteiger partial charge in [-0.25, -0.2) is 4.52 Å². The number of anilines is 1. The number of rotatable bonds is 4. The van der Waals surface area contributed by atoms with Crippen molar-refractivity contribution in [2.75, 3.05) is 11.9 Å². The van der Waals surface area contributed by atoms with Gasteiger partial charge in [0.25, 0.3) is 11.8 Å². The van der Waals surface area contributed by atoms with Crippen molar-refractivity contribution in [1.82, 2.24) is 24.5 Å². The molecule has 0 unspecified atom stereocenters. The normalized spacial score (nSPS) is 13.2. The van der Waals surface area contributed by atoms with Gasteiger partial charge in [0.2, 0.25) is 11.9 Å². The minimum absolute atomic E-state index is 0.0924.